The fourth-order valence-electron chi connectivity index (χ4n) is 12.3. The first-order valence-electron chi connectivity index (χ1n) is 23.3. The van der Waals surface area contributed by atoms with Crippen molar-refractivity contribution in [1.82, 2.24) is 5.32 Å². The number of benzene rings is 7. The molecule has 0 aromatic heterocycles. The van der Waals surface area contributed by atoms with E-state index in [1.165, 1.54) is 98.9 Å². The SMILES string of the molecule is CC1(C)c2ccccc2-c2cc3c(cc21)-c1c(-c2cccc(-c4cccc(C5C=C(c6ccc7c(c6)OC6C=CC=CC76)NC(c6ccccc6)=N5)c4)c2)cccc1C31CCCCC1. The van der Waals surface area contributed by atoms with Gasteiger partial charge in [0.1, 0.15) is 17.7 Å². The highest BCUT2D eigenvalue weighted by Crippen LogP contribution is 2.61. The summed E-state index contributed by atoms with van der Waals surface area (Å²) in [5.74, 6) is 2.08. The summed E-state index contributed by atoms with van der Waals surface area (Å²) >= 11 is 0. The summed E-state index contributed by atoms with van der Waals surface area (Å²) in [5.41, 5.74) is 22.3. The first-order chi connectivity index (χ1) is 31.4. The van der Waals surface area contributed by atoms with Crippen LogP contribution in [0.1, 0.15) is 102 Å². The molecule has 7 aromatic carbocycles. The van der Waals surface area contributed by atoms with Gasteiger partial charge in [0.2, 0.25) is 0 Å². The van der Waals surface area contributed by atoms with Gasteiger partial charge in [0.05, 0.1) is 6.04 Å². The summed E-state index contributed by atoms with van der Waals surface area (Å²) in [6.07, 6.45) is 17.2. The highest BCUT2D eigenvalue weighted by molar-refractivity contribution is 6.05. The molecule has 3 nitrogen and oxygen atoms in total. The van der Waals surface area contributed by atoms with Crippen LogP contribution in [-0.4, -0.2) is 11.9 Å². The van der Waals surface area contributed by atoms with Crippen LogP contribution in [0.5, 0.6) is 5.75 Å². The van der Waals surface area contributed by atoms with Crippen LogP contribution in [0.25, 0.3) is 50.2 Å². The van der Waals surface area contributed by atoms with Gasteiger partial charge in [-0.2, -0.15) is 0 Å². The van der Waals surface area contributed by atoms with Gasteiger partial charge >= 0.3 is 0 Å². The van der Waals surface area contributed by atoms with Crippen molar-refractivity contribution in [2.75, 3.05) is 0 Å². The van der Waals surface area contributed by atoms with Gasteiger partial charge in [-0.3, -0.25) is 4.99 Å². The van der Waals surface area contributed by atoms with E-state index in [1.54, 1.807) is 5.56 Å². The molecule has 3 unspecified atom stereocenters. The number of amidine groups is 1. The summed E-state index contributed by atoms with van der Waals surface area (Å²) in [4.78, 5) is 5.36. The second kappa shape index (κ2) is 14.3. The number of rotatable bonds is 5. The Morgan fingerprint density at radius 3 is 2.16 bits per heavy atom. The second-order valence-corrected chi connectivity index (χ2v) is 19.3. The number of hydrogen-bond donors (Lipinski definition) is 1. The fourth-order valence-corrected chi connectivity index (χ4v) is 12.3. The van der Waals surface area contributed by atoms with Gasteiger partial charge in [-0.15, -0.1) is 0 Å². The van der Waals surface area contributed by atoms with Crippen molar-refractivity contribution in [3.8, 4) is 50.3 Å². The van der Waals surface area contributed by atoms with Crippen LogP contribution >= 0.6 is 0 Å². The van der Waals surface area contributed by atoms with Crippen molar-refractivity contribution in [1.29, 1.82) is 0 Å². The maximum atomic E-state index is 6.46. The predicted molar refractivity (Wildman–Crippen MR) is 263 cm³/mol. The van der Waals surface area contributed by atoms with Gasteiger partial charge in [-0.1, -0.05) is 173 Å². The normalized spacial score (nSPS) is 21.1. The van der Waals surface area contributed by atoms with E-state index in [0.717, 1.165) is 34.0 Å². The van der Waals surface area contributed by atoms with Gasteiger partial charge < -0.3 is 10.1 Å². The molecular weight excluding hydrogens is 777 g/mol. The molecule has 0 saturated heterocycles. The summed E-state index contributed by atoms with van der Waals surface area (Å²) in [6, 6.07) is 56.7. The van der Waals surface area contributed by atoms with Crippen molar-refractivity contribution in [3.63, 3.8) is 0 Å². The summed E-state index contributed by atoms with van der Waals surface area (Å²) in [7, 11) is 0. The number of aliphatic imine (C=N–C) groups is 1. The molecule has 0 amide bonds. The topological polar surface area (TPSA) is 33.6 Å². The lowest BCUT2D eigenvalue weighted by atomic mass is 9.67. The maximum Gasteiger partial charge on any atom is 0.133 e. The van der Waals surface area contributed by atoms with E-state index in [9.17, 15) is 0 Å². The third-order valence-corrected chi connectivity index (χ3v) is 15.5. The van der Waals surface area contributed by atoms with Crippen LogP contribution < -0.4 is 10.1 Å². The smallest absolute Gasteiger partial charge is 0.133 e. The molecule has 0 bridgehead atoms. The lowest BCUT2D eigenvalue weighted by Crippen LogP contribution is -2.28. The zero-order valence-electron chi connectivity index (χ0n) is 36.4. The Morgan fingerprint density at radius 2 is 1.27 bits per heavy atom. The molecule has 2 aliphatic heterocycles. The number of hydrogen-bond acceptors (Lipinski definition) is 3. The quantitative estimate of drug-likeness (QED) is 0.188. The molecule has 2 heterocycles. The average molecular weight is 827 g/mol. The molecule has 4 aliphatic carbocycles. The summed E-state index contributed by atoms with van der Waals surface area (Å²) < 4.78 is 6.46. The monoisotopic (exact) mass is 826 g/mol. The largest absolute Gasteiger partial charge is 0.485 e. The number of allylic oxidation sites excluding steroid dienone is 2. The van der Waals surface area contributed by atoms with E-state index in [0.29, 0.717) is 0 Å². The Labute approximate surface area is 376 Å². The molecule has 0 radical (unpaired) electrons. The molecule has 13 rings (SSSR count). The minimum atomic E-state index is -0.185. The van der Waals surface area contributed by atoms with Crippen LogP contribution in [0, 0.1) is 0 Å². The molecular formula is C61H50N2O. The van der Waals surface area contributed by atoms with Crippen molar-refractivity contribution in [2.24, 2.45) is 4.99 Å². The van der Waals surface area contributed by atoms with Crippen LogP contribution in [-0.2, 0) is 10.8 Å². The Kier molecular flexibility index (Phi) is 8.38. The minimum Gasteiger partial charge on any atom is -0.485 e. The van der Waals surface area contributed by atoms with Crippen LogP contribution in [0.4, 0.5) is 0 Å². The lowest BCUT2D eigenvalue weighted by molar-refractivity contribution is 0.269. The second-order valence-electron chi connectivity index (χ2n) is 19.3. The van der Waals surface area contributed by atoms with Crippen LogP contribution in [0.15, 0.2) is 187 Å². The van der Waals surface area contributed by atoms with Crippen molar-refractivity contribution in [2.45, 2.75) is 74.8 Å². The highest BCUT2D eigenvalue weighted by atomic mass is 16.5. The summed E-state index contributed by atoms with van der Waals surface area (Å²) in [6.45, 7) is 4.83. The number of nitrogens with zero attached hydrogens (tertiary/aromatic N) is 1. The van der Waals surface area contributed by atoms with Gasteiger partial charge in [-0.25, -0.2) is 0 Å². The zero-order valence-corrected chi connectivity index (χ0v) is 36.4. The number of fused-ring (bicyclic) bond motifs is 11. The first kappa shape index (κ1) is 37.6. The van der Waals surface area contributed by atoms with E-state index < -0.39 is 0 Å². The van der Waals surface area contributed by atoms with Gasteiger partial charge in [0, 0.05) is 39.1 Å². The summed E-state index contributed by atoms with van der Waals surface area (Å²) in [5, 5.41) is 3.71. The Balaban J connectivity index is 0.893. The number of nitrogens with one attached hydrogen (secondary N) is 1. The van der Waals surface area contributed by atoms with Crippen molar-refractivity contribution in [3.05, 3.63) is 227 Å². The standard InChI is InChI=1S/C61H50N2O/c1-60(2)50-25-9-7-22-45(50)48-35-53-49(36-52(48)60)58-44(24-15-26-51(58)61(53)30-11-4-12-31-61)41-20-13-18-39(32-41)40-19-14-21-42(33-40)54-37-55(63-59(62-54)38-16-5-3-6-17-38)43-28-29-47-46-23-8-10-27-56(46)64-57(47)34-43/h3,5-10,13-29,32-37,46,54,56H,4,11-12,30-31H2,1-2H3,(H,62,63). The van der Waals surface area contributed by atoms with Crippen LogP contribution in [0.3, 0.4) is 0 Å². The van der Waals surface area contributed by atoms with Crippen LogP contribution in [0.2, 0.25) is 0 Å². The Bertz CT molecular complexity index is 3190. The van der Waals surface area contributed by atoms with Crippen molar-refractivity contribution < 1.29 is 4.74 Å². The van der Waals surface area contributed by atoms with E-state index in [1.807, 2.05) is 0 Å². The van der Waals surface area contributed by atoms with Crippen molar-refractivity contribution >= 4 is 11.5 Å². The van der Waals surface area contributed by atoms with E-state index in [-0.39, 0.29) is 28.9 Å². The fraction of sp³-hybridized carbons (Fsp3) is 0.197. The van der Waals surface area contributed by atoms with Gasteiger partial charge in [0.25, 0.3) is 0 Å². The Morgan fingerprint density at radius 1 is 0.547 bits per heavy atom. The predicted octanol–water partition coefficient (Wildman–Crippen LogP) is 14.7. The minimum absolute atomic E-state index is 0.0522. The number of ether oxygens (including phenoxy) is 1. The molecule has 64 heavy (non-hydrogen) atoms. The zero-order chi connectivity index (χ0) is 42.6. The molecule has 3 atom stereocenters. The van der Waals surface area contributed by atoms with Gasteiger partial charge in [-0.05, 0) is 128 Å². The molecule has 310 valence electrons. The highest BCUT2D eigenvalue weighted by Gasteiger charge is 2.47. The first-order valence-corrected chi connectivity index (χ1v) is 23.3. The molecule has 1 spiro atoms. The molecule has 1 fully saturated rings. The van der Waals surface area contributed by atoms with Gasteiger partial charge in [0.15, 0.2) is 0 Å². The average Bonchev–Trinajstić information content (AvgIpc) is 3.94. The molecule has 3 heteroatoms. The third kappa shape index (κ3) is 5.69. The van der Waals surface area contributed by atoms with E-state index in [4.69, 9.17) is 9.73 Å². The lowest BCUT2D eigenvalue weighted by Gasteiger charge is -2.36. The molecule has 7 aromatic rings. The molecule has 6 aliphatic rings. The molecule has 1 saturated carbocycles. The maximum absolute atomic E-state index is 6.46. The van der Waals surface area contributed by atoms with E-state index >= 15 is 0 Å². The molecule has 1 N–H and O–H groups in total. The van der Waals surface area contributed by atoms with E-state index in [2.05, 4.69) is 201 Å². The Hall–Kier alpha value is -6.97. The third-order valence-electron chi connectivity index (χ3n) is 15.5.